The highest BCUT2D eigenvalue weighted by molar-refractivity contribution is 5.77. The number of carbonyl (C=O) groups excluding carboxylic acids is 2. The van der Waals surface area contributed by atoms with Crippen LogP contribution < -0.4 is 10.1 Å². The van der Waals surface area contributed by atoms with Crippen LogP contribution in [0.3, 0.4) is 0 Å². The van der Waals surface area contributed by atoms with Gasteiger partial charge in [-0.25, -0.2) is 4.79 Å². The van der Waals surface area contributed by atoms with Crippen molar-refractivity contribution in [3.63, 3.8) is 0 Å². The Morgan fingerprint density at radius 2 is 1.88 bits per heavy atom. The molecule has 0 bridgehead atoms. The first-order valence-corrected chi connectivity index (χ1v) is 8.24. The Morgan fingerprint density at radius 1 is 1.24 bits per heavy atom. The number of nitrogens with zero attached hydrogens (tertiary/aromatic N) is 1. The first-order chi connectivity index (χ1) is 11.7. The van der Waals surface area contributed by atoms with Crippen molar-refractivity contribution < 1.29 is 19.1 Å². The fourth-order valence-electron chi connectivity index (χ4n) is 1.98. The molecule has 0 atom stereocenters. The third-order valence-corrected chi connectivity index (χ3v) is 3.14. The minimum absolute atomic E-state index is 0.0527. The molecular weight excluding hydrogens is 320 g/mol. The minimum atomic E-state index is -0.549. The molecular formula is C19H28N2O4. The van der Waals surface area contributed by atoms with E-state index in [4.69, 9.17) is 9.47 Å². The molecule has 0 saturated heterocycles. The molecule has 1 N–H and O–H groups in total. The first-order valence-electron chi connectivity index (χ1n) is 8.24. The van der Waals surface area contributed by atoms with Gasteiger partial charge in [0.2, 0.25) is 5.91 Å². The van der Waals surface area contributed by atoms with Crippen LogP contribution >= 0.6 is 0 Å². The molecule has 0 aliphatic heterocycles. The van der Waals surface area contributed by atoms with Crippen molar-refractivity contribution >= 4 is 12.0 Å². The largest absolute Gasteiger partial charge is 0.490 e. The minimum Gasteiger partial charge on any atom is -0.490 e. The average molecular weight is 348 g/mol. The van der Waals surface area contributed by atoms with Crippen LogP contribution in [0.4, 0.5) is 4.79 Å². The predicted molar refractivity (Wildman–Crippen MR) is 97.5 cm³/mol. The van der Waals surface area contributed by atoms with Crippen LogP contribution in [0.25, 0.3) is 0 Å². The van der Waals surface area contributed by atoms with E-state index in [0.717, 1.165) is 11.3 Å². The van der Waals surface area contributed by atoms with Gasteiger partial charge in [-0.05, 0) is 38.5 Å². The summed E-state index contributed by atoms with van der Waals surface area (Å²) in [6.07, 6.45) is 1.39. The number of rotatable bonds is 8. The average Bonchev–Trinajstić information content (AvgIpc) is 2.52. The highest BCUT2D eigenvalue weighted by atomic mass is 16.6. The van der Waals surface area contributed by atoms with E-state index in [1.165, 1.54) is 0 Å². The van der Waals surface area contributed by atoms with Crippen LogP contribution in [0.15, 0.2) is 36.9 Å². The molecule has 2 amide bonds. The monoisotopic (exact) mass is 348 g/mol. The maximum absolute atomic E-state index is 12.1. The second kappa shape index (κ2) is 9.71. The second-order valence-electron chi connectivity index (χ2n) is 6.67. The van der Waals surface area contributed by atoms with E-state index in [-0.39, 0.29) is 18.9 Å². The number of ether oxygens (including phenoxy) is 2. The highest BCUT2D eigenvalue weighted by Crippen LogP contribution is 2.13. The second-order valence-corrected chi connectivity index (χ2v) is 6.67. The van der Waals surface area contributed by atoms with Crippen LogP contribution in [-0.4, -0.2) is 42.7 Å². The highest BCUT2D eigenvalue weighted by Gasteiger charge is 2.16. The third kappa shape index (κ3) is 8.79. The number of nitrogens with one attached hydrogen (secondary N) is 1. The van der Waals surface area contributed by atoms with Crippen LogP contribution in [0.1, 0.15) is 32.8 Å². The van der Waals surface area contributed by atoms with E-state index < -0.39 is 11.7 Å². The van der Waals surface area contributed by atoms with Crippen molar-refractivity contribution in [1.29, 1.82) is 0 Å². The molecule has 0 heterocycles. The number of hydrogen-bond acceptors (Lipinski definition) is 4. The van der Waals surface area contributed by atoms with Crippen molar-refractivity contribution in [1.82, 2.24) is 10.2 Å². The molecule has 25 heavy (non-hydrogen) atoms. The van der Waals surface area contributed by atoms with E-state index in [2.05, 4.69) is 11.9 Å². The van der Waals surface area contributed by atoms with Crippen LogP contribution in [-0.2, 0) is 16.1 Å². The third-order valence-electron chi connectivity index (χ3n) is 3.14. The smallest absolute Gasteiger partial charge is 0.407 e. The fraction of sp³-hybridized carbons (Fsp3) is 0.474. The number of alkyl carbamates (subject to hydrolysis) is 1. The molecule has 1 aromatic rings. The SMILES string of the molecule is C=CCOc1ccc(CN(C)C(=O)CCNC(=O)OC(C)(C)C)cc1. The zero-order chi connectivity index (χ0) is 18.9. The molecule has 0 aliphatic rings. The Kier molecular flexibility index (Phi) is 7.98. The number of carbonyl (C=O) groups is 2. The molecule has 6 heteroatoms. The molecule has 0 radical (unpaired) electrons. The zero-order valence-corrected chi connectivity index (χ0v) is 15.5. The summed E-state index contributed by atoms with van der Waals surface area (Å²) >= 11 is 0. The molecule has 0 aromatic heterocycles. The van der Waals surface area contributed by atoms with Gasteiger partial charge in [0.05, 0.1) is 0 Å². The maximum Gasteiger partial charge on any atom is 0.407 e. The van der Waals surface area contributed by atoms with Gasteiger partial charge in [-0.3, -0.25) is 4.79 Å². The Balaban J connectivity index is 2.36. The maximum atomic E-state index is 12.1. The van der Waals surface area contributed by atoms with Crippen LogP contribution in [0.2, 0.25) is 0 Å². The summed E-state index contributed by atoms with van der Waals surface area (Å²) < 4.78 is 10.5. The lowest BCUT2D eigenvalue weighted by Gasteiger charge is -2.20. The molecule has 0 spiro atoms. The normalized spacial score (nSPS) is 10.7. The van der Waals surface area contributed by atoms with E-state index in [9.17, 15) is 9.59 Å². The fourth-order valence-corrected chi connectivity index (χ4v) is 1.98. The summed E-state index contributed by atoms with van der Waals surface area (Å²) in [6, 6.07) is 7.56. The van der Waals surface area contributed by atoms with Crippen molar-refractivity contribution in [3.8, 4) is 5.75 Å². The quantitative estimate of drug-likeness (QED) is 0.733. The van der Waals surface area contributed by atoms with Gasteiger partial charge in [0.25, 0.3) is 0 Å². The van der Waals surface area contributed by atoms with Gasteiger partial charge in [0, 0.05) is 26.6 Å². The lowest BCUT2D eigenvalue weighted by molar-refractivity contribution is -0.130. The Bertz CT molecular complexity index is 576. The molecule has 1 rings (SSSR count). The lowest BCUT2D eigenvalue weighted by atomic mass is 10.2. The van der Waals surface area contributed by atoms with Gasteiger partial charge in [-0.15, -0.1) is 0 Å². The van der Waals surface area contributed by atoms with Gasteiger partial charge in [0.15, 0.2) is 0 Å². The van der Waals surface area contributed by atoms with Crippen LogP contribution in [0, 0.1) is 0 Å². The summed E-state index contributed by atoms with van der Waals surface area (Å²) in [6.45, 7) is 10.2. The molecule has 1 aromatic carbocycles. The molecule has 0 aliphatic carbocycles. The number of amides is 2. The van der Waals surface area contributed by atoms with Crippen LogP contribution in [0.5, 0.6) is 5.75 Å². The Hall–Kier alpha value is -2.50. The topological polar surface area (TPSA) is 67.9 Å². The van der Waals surface area contributed by atoms with Gasteiger partial charge in [-0.1, -0.05) is 24.8 Å². The molecule has 138 valence electrons. The van der Waals surface area contributed by atoms with Crippen molar-refractivity contribution in [2.45, 2.75) is 39.3 Å². The summed E-state index contributed by atoms with van der Waals surface area (Å²) in [5.41, 5.74) is 0.453. The van der Waals surface area contributed by atoms with Gasteiger partial charge >= 0.3 is 6.09 Å². The van der Waals surface area contributed by atoms with E-state index >= 15 is 0 Å². The van der Waals surface area contributed by atoms with E-state index in [0.29, 0.717) is 13.2 Å². The van der Waals surface area contributed by atoms with E-state index in [1.54, 1.807) is 38.8 Å². The van der Waals surface area contributed by atoms with E-state index in [1.807, 2.05) is 24.3 Å². The summed E-state index contributed by atoms with van der Waals surface area (Å²) in [5, 5.41) is 2.58. The Labute approximate surface area is 149 Å². The summed E-state index contributed by atoms with van der Waals surface area (Å²) in [5.74, 6) is 0.710. The molecule has 0 unspecified atom stereocenters. The van der Waals surface area contributed by atoms with Gasteiger partial charge in [-0.2, -0.15) is 0 Å². The summed E-state index contributed by atoms with van der Waals surface area (Å²) in [4.78, 5) is 25.3. The van der Waals surface area contributed by atoms with Gasteiger partial charge < -0.3 is 19.7 Å². The molecule has 6 nitrogen and oxygen atoms in total. The molecule has 0 saturated carbocycles. The molecule has 0 fully saturated rings. The van der Waals surface area contributed by atoms with Crippen molar-refractivity contribution in [2.75, 3.05) is 20.2 Å². The van der Waals surface area contributed by atoms with Crippen molar-refractivity contribution in [2.24, 2.45) is 0 Å². The zero-order valence-electron chi connectivity index (χ0n) is 15.5. The predicted octanol–water partition coefficient (Wildman–Crippen LogP) is 3.12. The lowest BCUT2D eigenvalue weighted by Crippen LogP contribution is -2.35. The number of hydrogen-bond donors (Lipinski definition) is 1. The summed E-state index contributed by atoms with van der Waals surface area (Å²) in [7, 11) is 1.73. The Morgan fingerprint density at radius 3 is 2.44 bits per heavy atom. The van der Waals surface area contributed by atoms with Crippen molar-refractivity contribution in [3.05, 3.63) is 42.5 Å². The van der Waals surface area contributed by atoms with Gasteiger partial charge in [0.1, 0.15) is 18.0 Å². The number of benzene rings is 1. The standard InChI is InChI=1S/C19H28N2O4/c1-6-13-24-16-9-7-15(8-10-16)14-21(5)17(22)11-12-20-18(23)25-19(2,3)4/h6-10H,1,11-14H2,2-5H3,(H,20,23). The first kappa shape index (κ1) is 20.5.